The van der Waals surface area contributed by atoms with Crippen LogP contribution in [0.15, 0.2) is 54.6 Å². The average molecular weight is 330 g/mol. The summed E-state index contributed by atoms with van der Waals surface area (Å²) in [5, 5.41) is 7.83. The van der Waals surface area contributed by atoms with Gasteiger partial charge in [0.25, 0.3) is 5.91 Å². The summed E-state index contributed by atoms with van der Waals surface area (Å²) in [6, 6.07) is 17.8. The van der Waals surface area contributed by atoms with E-state index in [2.05, 4.69) is 5.32 Å². The lowest BCUT2D eigenvalue weighted by atomic mass is 10.0. The molecule has 1 aliphatic carbocycles. The van der Waals surface area contributed by atoms with Gasteiger partial charge in [-0.1, -0.05) is 36.4 Å². The molecule has 0 radical (unpaired) electrons. The van der Waals surface area contributed by atoms with Crippen molar-refractivity contribution in [1.82, 2.24) is 20.1 Å². The first-order valence-electron chi connectivity index (χ1n) is 8.70. The van der Waals surface area contributed by atoms with Gasteiger partial charge in [0.05, 0.1) is 11.7 Å². The molecule has 3 aromatic rings. The summed E-state index contributed by atoms with van der Waals surface area (Å²) in [4.78, 5) is 17.0. The van der Waals surface area contributed by atoms with E-state index in [0.717, 1.165) is 28.5 Å². The van der Waals surface area contributed by atoms with E-state index < -0.39 is 0 Å². The maximum Gasteiger partial charge on any atom is 0.252 e. The molecule has 1 atom stereocenters. The number of carbonyl (C=O) groups excluding carboxylic acids is 1. The van der Waals surface area contributed by atoms with Gasteiger partial charge in [-0.05, 0) is 36.6 Å². The van der Waals surface area contributed by atoms with Crippen LogP contribution >= 0.6 is 0 Å². The van der Waals surface area contributed by atoms with E-state index >= 15 is 0 Å². The summed E-state index contributed by atoms with van der Waals surface area (Å²) in [6.07, 6.45) is 2.97. The zero-order valence-electron chi connectivity index (χ0n) is 13.7. The highest BCUT2D eigenvalue weighted by molar-refractivity contribution is 5.99. The van der Waals surface area contributed by atoms with E-state index in [1.54, 1.807) is 0 Å². The zero-order chi connectivity index (χ0) is 16.8. The summed E-state index contributed by atoms with van der Waals surface area (Å²) in [5.74, 6) is 2.31. The maximum atomic E-state index is 12.2. The third kappa shape index (κ3) is 2.52. The second-order valence-electron chi connectivity index (χ2n) is 6.73. The largest absolute Gasteiger partial charge is 0.345 e. The molecule has 5 heteroatoms. The molecule has 2 aliphatic rings. The van der Waals surface area contributed by atoms with Crippen molar-refractivity contribution in [3.05, 3.63) is 77.4 Å². The molecular formula is C20H18N4O. The highest BCUT2D eigenvalue weighted by Crippen LogP contribution is 2.39. The first-order chi connectivity index (χ1) is 12.3. The van der Waals surface area contributed by atoms with Crippen LogP contribution in [0.1, 0.15) is 52.4 Å². The minimum absolute atomic E-state index is 0.00575. The third-order valence-corrected chi connectivity index (χ3v) is 4.91. The molecule has 5 nitrogen and oxygen atoms in total. The molecule has 1 aliphatic heterocycles. The summed E-state index contributed by atoms with van der Waals surface area (Å²) in [5.41, 5.74) is 2.82. The molecule has 2 heterocycles. The molecule has 1 saturated carbocycles. The minimum atomic E-state index is -0.0533. The number of carbonyl (C=O) groups is 1. The van der Waals surface area contributed by atoms with Crippen LogP contribution in [0.25, 0.3) is 5.69 Å². The van der Waals surface area contributed by atoms with Crippen LogP contribution in [0.5, 0.6) is 0 Å². The highest BCUT2D eigenvalue weighted by atomic mass is 16.2. The molecule has 124 valence electrons. The van der Waals surface area contributed by atoms with Crippen LogP contribution in [0.2, 0.25) is 0 Å². The number of hydrogen-bond donors (Lipinski definition) is 1. The second kappa shape index (κ2) is 5.55. The first kappa shape index (κ1) is 14.4. The summed E-state index contributed by atoms with van der Waals surface area (Å²) < 4.78 is 1.93. The Morgan fingerprint density at radius 3 is 2.60 bits per heavy atom. The Balaban J connectivity index is 1.53. The van der Waals surface area contributed by atoms with Crippen LogP contribution in [0.3, 0.4) is 0 Å². The lowest BCUT2D eigenvalue weighted by Crippen LogP contribution is -2.22. The zero-order valence-corrected chi connectivity index (χ0v) is 13.7. The summed E-state index contributed by atoms with van der Waals surface area (Å²) in [6.45, 7) is 0. The molecule has 1 fully saturated rings. The van der Waals surface area contributed by atoms with Crippen LogP contribution in [-0.2, 0) is 6.42 Å². The van der Waals surface area contributed by atoms with Crippen molar-refractivity contribution >= 4 is 5.91 Å². The van der Waals surface area contributed by atoms with E-state index in [9.17, 15) is 4.79 Å². The fourth-order valence-electron chi connectivity index (χ4n) is 3.45. The monoisotopic (exact) mass is 330 g/mol. The van der Waals surface area contributed by atoms with Gasteiger partial charge in [0.15, 0.2) is 5.82 Å². The van der Waals surface area contributed by atoms with Gasteiger partial charge in [-0.2, -0.15) is 5.10 Å². The van der Waals surface area contributed by atoms with E-state index in [-0.39, 0.29) is 11.9 Å². The van der Waals surface area contributed by atoms with Crippen LogP contribution in [-0.4, -0.2) is 20.7 Å². The van der Waals surface area contributed by atoms with Gasteiger partial charge in [-0.3, -0.25) is 4.79 Å². The van der Waals surface area contributed by atoms with Crippen molar-refractivity contribution in [3.63, 3.8) is 0 Å². The van der Waals surface area contributed by atoms with Gasteiger partial charge < -0.3 is 5.32 Å². The van der Waals surface area contributed by atoms with E-state index in [1.807, 2.05) is 59.3 Å². The predicted molar refractivity (Wildman–Crippen MR) is 93.7 cm³/mol. The standard InChI is InChI=1S/C20H18N4O/c25-20-16-9-5-4-8-15(16)17(21-20)12-18-22-19(13-10-11-13)23-24(18)14-6-2-1-3-7-14/h1-9,13,17H,10-12H2,(H,21,25). The second-order valence-corrected chi connectivity index (χ2v) is 6.73. The molecule has 1 unspecified atom stereocenters. The van der Waals surface area contributed by atoms with Crippen molar-refractivity contribution in [2.24, 2.45) is 0 Å². The van der Waals surface area contributed by atoms with Gasteiger partial charge in [0.2, 0.25) is 0 Å². The van der Waals surface area contributed by atoms with Crippen molar-refractivity contribution in [1.29, 1.82) is 0 Å². The lowest BCUT2D eigenvalue weighted by Gasteiger charge is -2.12. The van der Waals surface area contributed by atoms with Crippen molar-refractivity contribution < 1.29 is 4.79 Å². The Labute approximate surface area is 145 Å². The number of nitrogens with one attached hydrogen (secondary N) is 1. The molecule has 1 amide bonds. The van der Waals surface area contributed by atoms with Gasteiger partial charge in [-0.15, -0.1) is 0 Å². The van der Waals surface area contributed by atoms with Crippen molar-refractivity contribution in [2.75, 3.05) is 0 Å². The van der Waals surface area contributed by atoms with Gasteiger partial charge in [-0.25, -0.2) is 9.67 Å². The van der Waals surface area contributed by atoms with Gasteiger partial charge in [0.1, 0.15) is 5.82 Å². The van der Waals surface area contributed by atoms with Crippen molar-refractivity contribution in [3.8, 4) is 5.69 Å². The molecule has 0 bridgehead atoms. The smallest absolute Gasteiger partial charge is 0.252 e. The Morgan fingerprint density at radius 1 is 1.04 bits per heavy atom. The Kier molecular flexibility index (Phi) is 3.20. The summed E-state index contributed by atoms with van der Waals surface area (Å²) in [7, 11) is 0. The number of nitrogens with zero attached hydrogens (tertiary/aromatic N) is 3. The normalized spacial score (nSPS) is 18.9. The fourth-order valence-corrected chi connectivity index (χ4v) is 3.45. The third-order valence-electron chi connectivity index (χ3n) is 4.91. The quantitative estimate of drug-likeness (QED) is 0.799. The van der Waals surface area contributed by atoms with Gasteiger partial charge >= 0.3 is 0 Å². The SMILES string of the molecule is O=C1NC(Cc2nc(C3CC3)nn2-c2ccccc2)c2ccccc21. The number of aromatic nitrogens is 3. The number of fused-ring (bicyclic) bond motifs is 1. The van der Waals surface area contributed by atoms with E-state index in [1.165, 1.54) is 12.8 Å². The van der Waals surface area contributed by atoms with E-state index in [0.29, 0.717) is 12.3 Å². The van der Waals surface area contributed by atoms with Gasteiger partial charge in [0, 0.05) is 17.9 Å². The number of rotatable bonds is 4. The molecule has 5 rings (SSSR count). The van der Waals surface area contributed by atoms with Crippen LogP contribution < -0.4 is 5.32 Å². The molecular weight excluding hydrogens is 312 g/mol. The lowest BCUT2D eigenvalue weighted by molar-refractivity contribution is 0.0956. The topological polar surface area (TPSA) is 59.8 Å². The Bertz CT molecular complexity index is 943. The molecule has 0 spiro atoms. The Hall–Kier alpha value is -2.95. The number of para-hydroxylation sites is 1. The number of amides is 1. The predicted octanol–water partition coefficient (Wildman–Crippen LogP) is 3.17. The Morgan fingerprint density at radius 2 is 1.80 bits per heavy atom. The number of benzene rings is 2. The van der Waals surface area contributed by atoms with Crippen LogP contribution in [0.4, 0.5) is 0 Å². The molecule has 0 saturated heterocycles. The minimum Gasteiger partial charge on any atom is -0.345 e. The highest BCUT2D eigenvalue weighted by Gasteiger charge is 2.32. The maximum absolute atomic E-state index is 12.2. The molecule has 25 heavy (non-hydrogen) atoms. The van der Waals surface area contributed by atoms with Crippen molar-refractivity contribution in [2.45, 2.75) is 31.2 Å². The average Bonchev–Trinajstić information content (AvgIpc) is 3.35. The fraction of sp³-hybridized carbons (Fsp3) is 0.250. The molecule has 1 N–H and O–H groups in total. The first-order valence-corrected chi connectivity index (χ1v) is 8.70. The van der Waals surface area contributed by atoms with Crippen LogP contribution in [0, 0.1) is 0 Å². The summed E-state index contributed by atoms with van der Waals surface area (Å²) >= 11 is 0. The van der Waals surface area contributed by atoms with E-state index in [4.69, 9.17) is 10.1 Å². The number of hydrogen-bond acceptors (Lipinski definition) is 3. The molecule has 2 aromatic carbocycles. The molecule has 1 aromatic heterocycles.